The Hall–Kier alpha value is -5.87. The largest absolute Gasteiger partial charge is 0.545 e. The van der Waals surface area contributed by atoms with E-state index in [2.05, 4.69) is 208 Å². The second kappa shape index (κ2) is 75.9. The lowest BCUT2D eigenvalue weighted by Crippen LogP contribution is -2.44. The van der Waals surface area contributed by atoms with E-state index >= 15 is 0 Å². The van der Waals surface area contributed by atoms with Crippen LogP contribution in [0, 0.1) is 0 Å². The molecular weight excluding hydrogens is 1200 g/mol. The van der Waals surface area contributed by atoms with Gasteiger partial charge in [-0.25, -0.2) is 0 Å². The van der Waals surface area contributed by atoms with E-state index in [0.717, 1.165) is 148 Å². The van der Waals surface area contributed by atoms with Gasteiger partial charge in [0, 0.05) is 12.8 Å². The molecule has 0 saturated carbocycles. The number of carboxylic acid groups (broad SMARTS) is 1. The van der Waals surface area contributed by atoms with E-state index in [1.54, 1.807) is 0 Å². The molecule has 0 rings (SSSR count). The molecule has 0 saturated heterocycles. The van der Waals surface area contributed by atoms with Crippen molar-refractivity contribution in [1.82, 2.24) is 0 Å². The van der Waals surface area contributed by atoms with E-state index in [4.69, 9.17) is 18.9 Å². The number of nitrogens with zero attached hydrogens (tertiary/aromatic N) is 1. The summed E-state index contributed by atoms with van der Waals surface area (Å²) in [6, 6.07) is 0. The van der Waals surface area contributed by atoms with E-state index < -0.39 is 24.3 Å². The van der Waals surface area contributed by atoms with Gasteiger partial charge in [0.05, 0.1) is 40.3 Å². The highest BCUT2D eigenvalue weighted by Crippen LogP contribution is 2.16. The Morgan fingerprint density at radius 2 is 0.557 bits per heavy atom. The lowest BCUT2D eigenvalue weighted by Gasteiger charge is -2.26. The van der Waals surface area contributed by atoms with Crippen LogP contribution in [0.2, 0.25) is 0 Å². The second-order valence-corrected chi connectivity index (χ2v) is 26.2. The van der Waals surface area contributed by atoms with Crippen LogP contribution in [-0.2, 0) is 33.3 Å². The Kier molecular flexibility index (Phi) is 71.3. The van der Waals surface area contributed by atoms with Crippen LogP contribution in [-0.4, -0.2) is 82.3 Å². The van der Waals surface area contributed by atoms with Gasteiger partial charge in [0.15, 0.2) is 12.4 Å². The third kappa shape index (κ3) is 77.4. The van der Waals surface area contributed by atoms with Crippen molar-refractivity contribution in [3.63, 3.8) is 0 Å². The highest BCUT2D eigenvalue weighted by atomic mass is 16.7. The average molecular weight is 1340 g/mol. The van der Waals surface area contributed by atoms with Crippen molar-refractivity contribution in [1.29, 1.82) is 0 Å². The van der Waals surface area contributed by atoms with Gasteiger partial charge < -0.3 is 33.3 Å². The van der Waals surface area contributed by atoms with Crippen LogP contribution in [0.1, 0.15) is 284 Å². The molecule has 97 heavy (non-hydrogen) atoms. The maximum absolute atomic E-state index is 13.0. The molecule has 0 aromatic heterocycles. The predicted octanol–water partition coefficient (Wildman–Crippen LogP) is 23.6. The third-order valence-electron chi connectivity index (χ3n) is 15.8. The molecule has 0 aromatic carbocycles. The van der Waals surface area contributed by atoms with Crippen molar-refractivity contribution in [2.45, 2.75) is 296 Å². The predicted molar refractivity (Wildman–Crippen MR) is 416 cm³/mol. The van der Waals surface area contributed by atoms with E-state index in [1.165, 1.54) is 103 Å². The number of hydrogen-bond acceptors (Lipinski definition) is 8. The van der Waals surface area contributed by atoms with Crippen LogP contribution in [0.25, 0.3) is 0 Å². The smallest absolute Gasteiger partial charge is 0.306 e. The van der Waals surface area contributed by atoms with Gasteiger partial charge >= 0.3 is 11.9 Å². The maximum atomic E-state index is 13.0. The van der Waals surface area contributed by atoms with Gasteiger partial charge in [0.2, 0.25) is 0 Å². The van der Waals surface area contributed by atoms with Crippen LogP contribution in [0.15, 0.2) is 194 Å². The molecule has 0 aromatic rings. The first-order valence-electron chi connectivity index (χ1n) is 38.6. The number of likely N-dealkylation sites (N-methyl/N-ethyl adjacent to an activating group) is 1. The molecule has 9 heteroatoms. The van der Waals surface area contributed by atoms with Gasteiger partial charge in [0.25, 0.3) is 0 Å². The summed E-state index contributed by atoms with van der Waals surface area (Å²) in [5.74, 6) is -2.30. The molecule has 0 radical (unpaired) electrons. The first kappa shape index (κ1) is 91.1. The maximum Gasteiger partial charge on any atom is 0.306 e. The zero-order valence-electron chi connectivity index (χ0n) is 62.4. The molecule has 546 valence electrons. The number of hydrogen-bond donors (Lipinski definition) is 0. The minimum absolute atomic E-state index is 0.137. The summed E-state index contributed by atoms with van der Waals surface area (Å²) in [5.41, 5.74) is 0. The Morgan fingerprint density at radius 3 is 0.825 bits per heavy atom. The van der Waals surface area contributed by atoms with Gasteiger partial charge in [-0.15, -0.1) is 0 Å². The molecule has 0 aliphatic carbocycles. The summed E-state index contributed by atoms with van der Waals surface area (Å²) in [6.45, 7) is 4.50. The Bertz CT molecular complexity index is 2310. The number of unbranched alkanes of at least 4 members (excludes halogenated alkanes) is 22. The molecule has 2 atom stereocenters. The fraction of sp³-hybridized carbons (Fsp3) is 0.602. The number of carbonyl (C=O) groups is 3. The molecule has 0 N–H and O–H groups in total. The Balaban J connectivity index is 4.15. The lowest BCUT2D eigenvalue weighted by atomic mass is 10.0. The topological polar surface area (TPSA) is 111 Å². The Labute approximate surface area is 595 Å². The number of carboxylic acids is 1. The van der Waals surface area contributed by atoms with Crippen molar-refractivity contribution in [2.24, 2.45) is 0 Å². The van der Waals surface area contributed by atoms with Crippen LogP contribution in [0.5, 0.6) is 0 Å². The first-order chi connectivity index (χ1) is 47.6. The summed E-state index contributed by atoms with van der Waals surface area (Å²) in [6.07, 6.45) is 114. The summed E-state index contributed by atoms with van der Waals surface area (Å²) in [5, 5.41) is 11.9. The van der Waals surface area contributed by atoms with E-state index in [9.17, 15) is 19.5 Å². The Morgan fingerprint density at radius 1 is 0.309 bits per heavy atom. The molecule has 9 nitrogen and oxygen atoms in total. The summed E-state index contributed by atoms with van der Waals surface area (Å²) in [4.78, 5) is 37.6. The number of quaternary nitrogens is 1. The van der Waals surface area contributed by atoms with Gasteiger partial charge in [-0.1, -0.05) is 324 Å². The molecule has 0 aliphatic heterocycles. The van der Waals surface area contributed by atoms with Gasteiger partial charge in [-0.3, -0.25) is 9.59 Å². The van der Waals surface area contributed by atoms with Gasteiger partial charge in [-0.2, -0.15) is 0 Å². The first-order valence-corrected chi connectivity index (χ1v) is 38.6. The van der Waals surface area contributed by atoms with Crippen LogP contribution < -0.4 is 5.11 Å². The molecule has 2 unspecified atom stereocenters. The normalized spacial score (nSPS) is 13.8. The lowest BCUT2D eigenvalue weighted by molar-refractivity contribution is -0.870. The molecule has 0 fully saturated rings. The van der Waals surface area contributed by atoms with Crippen molar-refractivity contribution < 1.29 is 42.9 Å². The molecule has 0 spiro atoms. The van der Waals surface area contributed by atoms with E-state index in [-0.39, 0.29) is 38.6 Å². The van der Waals surface area contributed by atoms with Gasteiger partial charge in [0.1, 0.15) is 13.2 Å². The quantitative estimate of drug-likeness (QED) is 0.0195. The third-order valence-corrected chi connectivity index (χ3v) is 15.8. The minimum atomic E-state index is -1.64. The van der Waals surface area contributed by atoms with Crippen molar-refractivity contribution in [2.75, 3.05) is 47.5 Å². The SMILES string of the molecule is CC/C=C\C/C=C\C/C=C\C/C=C\C/C=C\C/C=C\C/C=C\C/C=C\C/C=C\CCCCCCCCCCCC(=O)OC(COC(=O)CCCCCCCCCCCCCCC/C=C\C/C=C\C/C=C\C/C=C\C/C=C\C/C=C\C/C=C\CC)COC(OCC[N+](C)(C)C)C(=O)[O-]. The van der Waals surface area contributed by atoms with Crippen molar-refractivity contribution in [3.05, 3.63) is 194 Å². The standard InChI is InChI=1S/C88H141NO8/c1-6-8-10-12-14-16-18-20-22-24-26-28-30-32-34-36-38-40-42-43-45-47-49-51-53-55-57-59-61-63-65-67-69-71-73-75-77-79-86(91)97-84(83-96-88(87(92)93)94-81-80-89(3,4)5)82-95-85(90)78-76-74-72-70-68-66-64-62-60-58-56-54-52-50-48-46-44-41-39-37-35-33-31-29-27-25-23-21-19-17-15-13-11-9-7-2/h8-11,14-17,20-23,26-29,32-35,38-41,43,45-46,48-49,51,55,57,84,88H,6-7,12-13,18-19,24-25,30-31,36-37,42,44,47,50,52-54,56,58-83H2,1-5H3/b10-8-,11-9-,16-14-,17-15-,22-20-,23-21-,28-26-,29-27-,34-32-,35-33-,40-38-,41-39-,45-43-,48-46-,51-49-,57-55-. The van der Waals surface area contributed by atoms with Crippen LogP contribution in [0.3, 0.4) is 0 Å². The second-order valence-electron chi connectivity index (χ2n) is 26.2. The van der Waals surface area contributed by atoms with Gasteiger partial charge in [-0.05, 0) is 141 Å². The van der Waals surface area contributed by atoms with E-state index in [1.807, 2.05) is 21.1 Å². The number of esters is 2. The zero-order valence-corrected chi connectivity index (χ0v) is 62.4. The highest BCUT2D eigenvalue weighted by molar-refractivity contribution is 5.70. The minimum Gasteiger partial charge on any atom is -0.545 e. The monoisotopic (exact) mass is 1340 g/mol. The molecular formula is C88H141NO8. The highest BCUT2D eigenvalue weighted by Gasteiger charge is 2.22. The fourth-order valence-electron chi connectivity index (χ4n) is 10.0. The average Bonchev–Trinajstić information content (AvgIpc) is 3.11. The molecule has 0 aliphatic rings. The van der Waals surface area contributed by atoms with Crippen LogP contribution in [0.4, 0.5) is 0 Å². The number of ether oxygens (including phenoxy) is 4. The van der Waals surface area contributed by atoms with E-state index in [0.29, 0.717) is 17.4 Å². The number of aliphatic carboxylic acids is 1. The van der Waals surface area contributed by atoms with Crippen LogP contribution >= 0.6 is 0 Å². The zero-order chi connectivity index (χ0) is 70.4. The molecule has 0 heterocycles. The van der Waals surface area contributed by atoms with Crippen molar-refractivity contribution in [3.8, 4) is 0 Å². The van der Waals surface area contributed by atoms with Crippen molar-refractivity contribution >= 4 is 17.9 Å². The summed E-state index contributed by atoms with van der Waals surface area (Å²) < 4.78 is 22.8. The summed E-state index contributed by atoms with van der Waals surface area (Å²) in [7, 11) is 5.92. The molecule has 0 bridgehead atoms. The number of carbonyl (C=O) groups excluding carboxylic acids is 3. The number of allylic oxidation sites excluding steroid dienone is 32. The fourth-order valence-corrected chi connectivity index (χ4v) is 10.0. The number of rotatable bonds is 69. The summed E-state index contributed by atoms with van der Waals surface area (Å²) >= 11 is 0. The molecule has 0 amide bonds.